The Morgan fingerprint density at radius 2 is 1.91 bits per heavy atom. The van der Waals surface area contributed by atoms with Crippen LogP contribution in [0.15, 0.2) is 52.2 Å². The number of nitrogens with one attached hydrogen (secondary N) is 2. The topological polar surface area (TPSA) is 83.7 Å². The van der Waals surface area contributed by atoms with Crippen molar-refractivity contribution in [3.63, 3.8) is 0 Å². The molecule has 2 rings (SSSR count). The zero-order valence-corrected chi connectivity index (χ0v) is 12.4. The number of furan rings is 1. The molecule has 0 bridgehead atoms. The monoisotopic (exact) mass is 299 g/mol. The minimum absolute atomic E-state index is 0.0692. The van der Waals surface area contributed by atoms with E-state index in [-0.39, 0.29) is 17.7 Å². The second kappa shape index (κ2) is 7.21. The third-order valence-electron chi connectivity index (χ3n) is 2.84. The third kappa shape index (κ3) is 4.31. The van der Waals surface area contributed by atoms with Gasteiger partial charge in [-0.25, -0.2) is 5.43 Å². The fourth-order valence-corrected chi connectivity index (χ4v) is 1.58. The van der Waals surface area contributed by atoms with Gasteiger partial charge in [0, 0.05) is 17.2 Å². The summed E-state index contributed by atoms with van der Waals surface area (Å²) in [4.78, 5) is 23.4. The summed E-state index contributed by atoms with van der Waals surface area (Å²) in [5.41, 5.74) is 3.49. The van der Waals surface area contributed by atoms with Crippen molar-refractivity contribution < 1.29 is 14.0 Å². The van der Waals surface area contributed by atoms with Crippen molar-refractivity contribution in [1.82, 2.24) is 5.43 Å². The standard InChI is InChI=1S/C16H17N3O3/c1-11(2)15(20)18-13-7-5-12(6-8-13)16(21)19-17-10-14-4-3-9-22-14/h3-11H,1-2H3,(H,18,20)(H,19,21)/b17-10-. The van der Waals surface area contributed by atoms with E-state index in [9.17, 15) is 9.59 Å². The first kappa shape index (κ1) is 15.5. The fourth-order valence-electron chi connectivity index (χ4n) is 1.58. The van der Waals surface area contributed by atoms with E-state index < -0.39 is 0 Å². The number of hydrogen-bond donors (Lipinski definition) is 2. The van der Waals surface area contributed by atoms with Crippen LogP contribution in [0.25, 0.3) is 0 Å². The van der Waals surface area contributed by atoms with Crippen LogP contribution in [0.1, 0.15) is 30.0 Å². The Kier molecular flexibility index (Phi) is 5.08. The Bertz CT molecular complexity index is 658. The van der Waals surface area contributed by atoms with Crippen molar-refractivity contribution in [3.8, 4) is 0 Å². The van der Waals surface area contributed by atoms with Crippen LogP contribution in [0, 0.1) is 5.92 Å². The molecule has 0 atom stereocenters. The summed E-state index contributed by atoms with van der Waals surface area (Å²) in [6.45, 7) is 3.63. The molecule has 0 aliphatic carbocycles. The first-order valence-electron chi connectivity index (χ1n) is 6.84. The summed E-state index contributed by atoms with van der Waals surface area (Å²) in [6.07, 6.45) is 2.93. The first-order valence-corrected chi connectivity index (χ1v) is 6.84. The van der Waals surface area contributed by atoms with Crippen LogP contribution >= 0.6 is 0 Å². The summed E-state index contributed by atoms with van der Waals surface area (Å²) >= 11 is 0. The van der Waals surface area contributed by atoms with Crippen LogP contribution in [0.4, 0.5) is 5.69 Å². The van der Waals surface area contributed by atoms with Gasteiger partial charge in [0.2, 0.25) is 5.91 Å². The molecule has 2 N–H and O–H groups in total. The van der Waals surface area contributed by atoms with Crippen LogP contribution in [0.5, 0.6) is 0 Å². The molecule has 6 nitrogen and oxygen atoms in total. The highest BCUT2D eigenvalue weighted by molar-refractivity contribution is 5.96. The number of carbonyl (C=O) groups is 2. The predicted molar refractivity (Wildman–Crippen MR) is 83.7 cm³/mol. The van der Waals surface area contributed by atoms with Gasteiger partial charge < -0.3 is 9.73 Å². The fraction of sp³-hybridized carbons (Fsp3) is 0.188. The maximum atomic E-state index is 11.9. The van der Waals surface area contributed by atoms with E-state index in [0.717, 1.165) is 0 Å². The Hall–Kier alpha value is -2.89. The smallest absolute Gasteiger partial charge is 0.271 e. The number of hydrazone groups is 1. The molecule has 1 aromatic heterocycles. The van der Waals surface area contributed by atoms with Gasteiger partial charge >= 0.3 is 0 Å². The predicted octanol–water partition coefficient (Wildman–Crippen LogP) is 2.64. The molecule has 114 valence electrons. The van der Waals surface area contributed by atoms with Gasteiger partial charge in [-0.2, -0.15) is 5.10 Å². The summed E-state index contributed by atoms with van der Waals surface area (Å²) in [6, 6.07) is 10.0. The van der Waals surface area contributed by atoms with E-state index in [1.165, 1.54) is 12.5 Å². The normalized spacial score (nSPS) is 10.9. The molecule has 6 heteroatoms. The highest BCUT2D eigenvalue weighted by atomic mass is 16.3. The van der Waals surface area contributed by atoms with Crippen LogP contribution in [-0.4, -0.2) is 18.0 Å². The van der Waals surface area contributed by atoms with Gasteiger partial charge in [0.05, 0.1) is 12.5 Å². The molecule has 0 aliphatic rings. The van der Waals surface area contributed by atoms with E-state index >= 15 is 0 Å². The summed E-state index contributed by atoms with van der Waals surface area (Å²) < 4.78 is 5.05. The van der Waals surface area contributed by atoms with Crippen LogP contribution in [0.2, 0.25) is 0 Å². The van der Waals surface area contributed by atoms with E-state index in [1.54, 1.807) is 36.4 Å². The van der Waals surface area contributed by atoms with Crippen LogP contribution in [0.3, 0.4) is 0 Å². The SMILES string of the molecule is CC(C)C(=O)Nc1ccc(C(=O)N/N=C\c2ccco2)cc1. The lowest BCUT2D eigenvalue weighted by Crippen LogP contribution is -2.19. The largest absolute Gasteiger partial charge is 0.463 e. The molecule has 0 radical (unpaired) electrons. The van der Waals surface area contributed by atoms with Gasteiger partial charge in [0.15, 0.2) is 0 Å². The minimum Gasteiger partial charge on any atom is -0.463 e. The van der Waals surface area contributed by atoms with Crippen molar-refractivity contribution in [1.29, 1.82) is 0 Å². The summed E-state index contributed by atoms with van der Waals surface area (Å²) in [5.74, 6) is 0.0377. The molecule has 22 heavy (non-hydrogen) atoms. The molecule has 1 heterocycles. The van der Waals surface area contributed by atoms with Gasteiger partial charge in [0.25, 0.3) is 5.91 Å². The second-order valence-corrected chi connectivity index (χ2v) is 4.94. The van der Waals surface area contributed by atoms with E-state index in [4.69, 9.17) is 4.42 Å². The maximum Gasteiger partial charge on any atom is 0.271 e. The van der Waals surface area contributed by atoms with Gasteiger partial charge in [-0.1, -0.05) is 13.8 Å². The van der Waals surface area contributed by atoms with Gasteiger partial charge in [-0.05, 0) is 36.4 Å². The molecule has 0 unspecified atom stereocenters. The number of nitrogens with zero attached hydrogens (tertiary/aromatic N) is 1. The van der Waals surface area contributed by atoms with Crippen molar-refractivity contribution in [2.24, 2.45) is 11.0 Å². The van der Waals surface area contributed by atoms with Gasteiger partial charge in [0.1, 0.15) is 5.76 Å². The Morgan fingerprint density at radius 3 is 2.50 bits per heavy atom. The van der Waals surface area contributed by atoms with Crippen molar-refractivity contribution in [2.75, 3.05) is 5.32 Å². The maximum absolute atomic E-state index is 11.9. The average Bonchev–Trinajstić information content (AvgIpc) is 3.01. The lowest BCUT2D eigenvalue weighted by Gasteiger charge is -2.08. The Labute approximate surface area is 128 Å². The minimum atomic E-state index is -0.343. The van der Waals surface area contributed by atoms with E-state index in [1.807, 2.05) is 13.8 Å². The number of amides is 2. The van der Waals surface area contributed by atoms with Crippen molar-refractivity contribution in [2.45, 2.75) is 13.8 Å². The Morgan fingerprint density at radius 1 is 1.18 bits per heavy atom. The molecule has 0 saturated carbocycles. The molecule has 2 amide bonds. The van der Waals surface area contributed by atoms with Crippen molar-refractivity contribution in [3.05, 3.63) is 54.0 Å². The zero-order chi connectivity index (χ0) is 15.9. The van der Waals surface area contributed by atoms with E-state index in [2.05, 4.69) is 15.8 Å². The first-order chi connectivity index (χ1) is 10.6. The van der Waals surface area contributed by atoms with Gasteiger partial charge in [-0.3, -0.25) is 9.59 Å². The number of benzene rings is 1. The average molecular weight is 299 g/mol. The molecule has 0 saturated heterocycles. The Balaban J connectivity index is 1.92. The molecule has 0 fully saturated rings. The molecule has 0 spiro atoms. The van der Waals surface area contributed by atoms with Crippen LogP contribution in [-0.2, 0) is 4.79 Å². The number of anilines is 1. The number of carbonyl (C=O) groups excluding carboxylic acids is 2. The highest BCUT2D eigenvalue weighted by Crippen LogP contribution is 2.11. The molecule has 1 aromatic carbocycles. The van der Waals surface area contributed by atoms with Gasteiger partial charge in [-0.15, -0.1) is 0 Å². The third-order valence-corrected chi connectivity index (χ3v) is 2.84. The van der Waals surface area contributed by atoms with Crippen molar-refractivity contribution >= 4 is 23.7 Å². The molecular formula is C16H17N3O3. The number of hydrogen-bond acceptors (Lipinski definition) is 4. The van der Waals surface area contributed by atoms with Crippen LogP contribution < -0.4 is 10.7 Å². The molecular weight excluding hydrogens is 282 g/mol. The molecule has 0 aliphatic heterocycles. The molecule has 2 aromatic rings. The zero-order valence-electron chi connectivity index (χ0n) is 12.4. The number of rotatable bonds is 5. The lowest BCUT2D eigenvalue weighted by molar-refractivity contribution is -0.118. The quantitative estimate of drug-likeness (QED) is 0.657. The highest BCUT2D eigenvalue weighted by Gasteiger charge is 2.08. The summed E-state index contributed by atoms with van der Waals surface area (Å²) in [5, 5.41) is 6.55. The summed E-state index contributed by atoms with van der Waals surface area (Å²) in [7, 11) is 0. The second-order valence-electron chi connectivity index (χ2n) is 4.94. The van der Waals surface area contributed by atoms with E-state index in [0.29, 0.717) is 17.0 Å². The lowest BCUT2D eigenvalue weighted by atomic mass is 10.1.